The summed E-state index contributed by atoms with van der Waals surface area (Å²) in [4.78, 5) is 13.0. The maximum Gasteiger partial charge on any atom is 0.212 e. The number of carbonyl (C=O) groups excluding carboxylic acids is 1. The number of aromatic nitrogens is 2. The van der Waals surface area contributed by atoms with Gasteiger partial charge in [-0.05, 0) is 24.8 Å². The molecule has 0 N–H and O–H groups in total. The zero-order valence-electron chi connectivity index (χ0n) is 13.1. The number of ketones is 1. The molecule has 0 amide bonds. The summed E-state index contributed by atoms with van der Waals surface area (Å²) in [6, 6.07) is 7.78. The number of benzene rings is 1. The van der Waals surface area contributed by atoms with Crippen LogP contribution in [0.4, 0.5) is 0 Å². The van der Waals surface area contributed by atoms with Crippen molar-refractivity contribution < 1.29 is 4.79 Å². The van der Waals surface area contributed by atoms with Gasteiger partial charge in [0.15, 0.2) is 0 Å². The molecule has 0 aliphatic rings. The van der Waals surface area contributed by atoms with Gasteiger partial charge in [-0.1, -0.05) is 56.6 Å². The summed E-state index contributed by atoms with van der Waals surface area (Å²) in [5, 5.41) is 4.62. The number of rotatable bonds is 3. The van der Waals surface area contributed by atoms with Crippen molar-refractivity contribution in [1.29, 1.82) is 0 Å². The Labute approximate surface area is 130 Å². The van der Waals surface area contributed by atoms with Crippen molar-refractivity contribution >= 4 is 17.4 Å². The third-order valence-electron chi connectivity index (χ3n) is 3.43. The fourth-order valence-corrected chi connectivity index (χ4v) is 2.62. The number of halogens is 1. The summed E-state index contributed by atoms with van der Waals surface area (Å²) in [5.74, 6) is -0.0725. The minimum atomic E-state index is -0.110. The van der Waals surface area contributed by atoms with Gasteiger partial charge in [0.2, 0.25) is 5.78 Å². The molecule has 0 aliphatic carbocycles. The molecule has 4 heteroatoms. The molecule has 2 aromatic rings. The second kappa shape index (κ2) is 5.64. The first-order valence-electron chi connectivity index (χ1n) is 7.10. The molecular weight excluding hydrogens is 284 g/mol. The van der Waals surface area contributed by atoms with E-state index in [1.807, 2.05) is 38.1 Å². The van der Waals surface area contributed by atoms with Crippen molar-refractivity contribution in [1.82, 2.24) is 9.78 Å². The Balaban J connectivity index is 2.59. The van der Waals surface area contributed by atoms with Crippen LogP contribution in [0.2, 0.25) is 5.02 Å². The van der Waals surface area contributed by atoms with Crippen LogP contribution in [0.5, 0.6) is 0 Å². The Morgan fingerprint density at radius 1 is 1.24 bits per heavy atom. The van der Waals surface area contributed by atoms with E-state index < -0.39 is 0 Å². The van der Waals surface area contributed by atoms with Gasteiger partial charge in [0.25, 0.3) is 0 Å². The first-order valence-corrected chi connectivity index (χ1v) is 7.48. The van der Waals surface area contributed by atoms with Crippen LogP contribution in [0.15, 0.2) is 30.5 Å². The molecule has 112 valence electrons. The van der Waals surface area contributed by atoms with Gasteiger partial charge in [-0.25, -0.2) is 0 Å². The highest BCUT2D eigenvalue weighted by Crippen LogP contribution is 2.29. The van der Waals surface area contributed by atoms with Gasteiger partial charge in [0, 0.05) is 11.6 Å². The third-order valence-corrected chi connectivity index (χ3v) is 3.71. The number of hydrogen-bond acceptors (Lipinski definition) is 2. The van der Waals surface area contributed by atoms with E-state index in [1.54, 1.807) is 4.68 Å². The number of hydrogen-bond donors (Lipinski definition) is 0. The van der Waals surface area contributed by atoms with Crippen molar-refractivity contribution in [3.05, 3.63) is 52.3 Å². The molecule has 21 heavy (non-hydrogen) atoms. The van der Waals surface area contributed by atoms with E-state index in [0.717, 1.165) is 5.56 Å². The lowest BCUT2D eigenvalue weighted by Gasteiger charge is -2.22. The smallest absolute Gasteiger partial charge is 0.212 e. The van der Waals surface area contributed by atoms with E-state index >= 15 is 0 Å². The molecule has 0 saturated heterocycles. The highest BCUT2D eigenvalue weighted by molar-refractivity contribution is 6.34. The summed E-state index contributed by atoms with van der Waals surface area (Å²) in [5.41, 5.74) is 2.06. The average Bonchev–Trinajstić information content (AvgIpc) is 2.79. The van der Waals surface area contributed by atoms with E-state index in [-0.39, 0.29) is 17.2 Å². The summed E-state index contributed by atoms with van der Waals surface area (Å²) in [6.45, 7) is 10.3. The minimum absolute atomic E-state index is 0.0725. The molecule has 1 aromatic heterocycles. The van der Waals surface area contributed by atoms with Gasteiger partial charge in [-0.2, -0.15) is 5.10 Å². The van der Waals surface area contributed by atoms with Gasteiger partial charge in [-0.15, -0.1) is 0 Å². The molecule has 0 bridgehead atoms. The van der Waals surface area contributed by atoms with E-state index in [1.165, 1.54) is 6.20 Å². The molecule has 0 fully saturated rings. The minimum Gasteiger partial charge on any atom is -0.287 e. The Hall–Kier alpha value is -1.61. The Morgan fingerprint density at radius 2 is 1.86 bits per heavy atom. The third kappa shape index (κ3) is 3.03. The van der Waals surface area contributed by atoms with Crippen LogP contribution in [0.3, 0.4) is 0 Å². The molecule has 0 spiro atoms. The van der Waals surface area contributed by atoms with E-state index in [0.29, 0.717) is 16.3 Å². The Morgan fingerprint density at radius 3 is 2.43 bits per heavy atom. The van der Waals surface area contributed by atoms with Crippen LogP contribution < -0.4 is 0 Å². The summed E-state index contributed by atoms with van der Waals surface area (Å²) in [6.07, 6.45) is 1.54. The van der Waals surface area contributed by atoms with Gasteiger partial charge >= 0.3 is 0 Å². The predicted octanol–water partition coefficient (Wildman–Crippen LogP) is 4.65. The van der Waals surface area contributed by atoms with Crippen LogP contribution in [-0.2, 0) is 5.41 Å². The summed E-state index contributed by atoms with van der Waals surface area (Å²) < 4.78 is 1.68. The van der Waals surface area contributed by atoms with E-state index in [2.05, 4.69) is 25.9 Å². The highest BCUT2D eigenvalue weighted by atomic mass is 35.5. The highest BCUT2D eigenvalue weighted by Gasteiger charge is 2.26. The van der Waals surface area contributed by atoms with Crippen LogP contribution in [0, 0.1) is 0 Å². The van der Waals surface area contributed by atoms with E-state index in [4.69, 9.17) is 11.6 Å². The van der Waals surface area contributed by atoms with Crippen molar-refractivity contribution in [2.75, 3.05) is 0 Å². The Bertz CT molecular complexity index is 666. The van der Waals surface area contributed by atoms with Gasteiger partial charge in [0.05, 0.1) is 11.2 Å². The zero-order chi connectivity index (χ0) is 15.8. The topological polar surface area (TPSA) is 34.9 Å². The van der Waals surface area contributed by atoms with Crippen molar-refractivity contribution in [3.63, 3.8) is 0 Å². The maximum atomic E-state index is 13.0. The fourth-order valence-electron chi connectivity index (χ4n) is 2.41. The second-order valence-corrected chi connectivity index (χ2v) is 6.91. The monoisotopic (exact) mass is 304 g/mol. The predicted molar refractivity (Wildman–Crippen MR) is 86.2 cm³/mol. The molecule has 0 atom stereocenters. The van der Waals surface area contributed by atoms with Crippen molar-refractivity contribution in [3.8, 4) is 0 Å². The van der Waals surface area contributed by atoms with Gasteiger partial charge in [-0.3, -0.25) is 9.48 Å². The molecule has 0 unspecified atom stereocenters. The van der Waals surface area contributed by atoms with Crippen LogP contribution in [0.25, 0.3) is 0 Å². The molecule has 0 saturated carbocycles. The lowest BCUT2D eigenvalue weighted by atomic mass is 9.82. The molecule has 0 radical (unpaired) electrons. The van der Waals surface area contributed by atoms with Crippen LogP contribution in [0.1, 0.15) is 62.3 Å². The normalized spacial score (nSPS) is 12.0. The van der Waals surface area contributed by atoms with Crippen LogP contribution >= 0.6 is 11.6 Å². The fraction of sp³-hybridized carbons (Fsp3) is 0.412. The van der Waals surface area contributed by atoms with Crippen LogP contribution in [-0.4, -0.2) is 15.6 Å². The molecule has 3 nitrogen and oxygen atoms in total. The average molecular weight is 305 g/mol. The SMILES string of the molecule is CC(C)n1ncc(Cl)c1C(=O)c1ccccc1C(C)(C)C. The molecule has 1 aromatic carbocycles. The Kier molecular flexibility index (Phi) is 4.24. The lowest BCUT2D eigenvalue weighted by molar-refractivity contribution is 0.102. The second-order valence-electron chi connectivity index (χ2n) is 6.50. The first kappa shape index (κ1) is 15.8. The number of nitrogens with zero attached hydrogens (tertiary/aromatic N) is 2. The number of carbonyl (C=O) groups is 1. The van der Waals surface area contributed by atoms with E-state index in [9.17, 15) is 4.79 Å². The van der Waals surface area contributed by atoms with Crippen molar-refractivity contribution in [2.24, 2.45) is 0 Å². The standard InChI is InChI=1S/C17H21ClN2O/c1-11(2)20-15(14(18)10-19-20)16(21)12-8-6-7-9-13(12)17(3,4)5/h6-11H,1-5H3. The molecular formula is C17H21ClN2O. The summed E-state index contributed by atoms with van der Waals surface area (Å²) in [7, 11) is 0. The quantitative estimate of drug-likeness (QED) is 0.774. The maximum absolute atomic E-state index is 13.0. The molecule has 0 aliphatic heterocycles. The molecule has 1 heterocycles. The van der Waals surface area contributed by atoms with Gasteiger partial charge in [0.1, 0.15) is 5.69 Å². The largest absolute Gasteiger partial charge is 0.287 e. The lowest BCUT2D eigenvalue weighted by Crippen LogP contribution is -2.20. The zero-order valence-corrected chi connectivity index (χ0v) is 13.9. The summed E-state index contributed by atoms with van der Waals surface area (Å²) >= 11 is 6.20. The van der Waals surface area contributed by atoms with Crippen molar-refractivity contribution in [2.45, 2.75) is 46.1 Å². The molecule has 2 rings (SSSR count). The van der Waals surface area contributed by atoms with Gasteiger partial charge < -0.3 is 0 Å². The first-order chi connectivity index (χ1) is 9.73.